The Labute approximate surface area is 162 Å². The lowest BCUT2D eigenvalue weighted by Crippen LogP contribution is -2.39. The number of methoxy groups -OCH3 is 1. The van der Waals surface area contributed by atoms with E-state index in [0.717, 1.165) is 42.7 Å². The zero-order valence-corrected chi connectivity index (χ0v) is 16.7. The maximum absolute atomic E-state index is 5.92. The maximum Gasteiger partial charge on any atom is 0.191 e. The highest BCUT2D eigenvalue weighted by Gasteiger charge is 2.06. The zero-order valence-electron chi connectivity index (χ0n) is 16.7. The van der Waals surface area contributed by atoms with Crippen molar-refractivity contribution in [2.75, 3.05) is 26.7 Å². The molecule has 6 heteroatoms. The van der Waals surface area contributed by atoms with Crippen molar-refractivity contribution in [3.8, 4) is 11.5 Å². The summed E-state index contributed by atoms with van der Waals surface area (Å²) < 4.78 is 11.1. The Morgan fingerprint density at radius 3 is 2.70 bits per heavy atom. The number of hydrogen-bond donors (Lipinski definition) is 2. The molecular formula is C21H30N4O2. The lowest BCUT2D eigenvalue weighted by atomic mass is 10.2. The van der Waals surface area contributed by atoms with Crippen molar-refractivity contribution in [2.45, 2.75) is 33.3 Å². The van der Waals surface area contributed by atoms with Crippen LogP contribution in [-0.2, 0) is 6.42 Å². The molecule has 0 amide bonds. The van der Waals surface area contributed by atoms with Gasteiger partial charge in [0.1, 0.15) is 17.6 Å². The number of hydrogen-bond acceptors (Lipinski definition) is 4. The van der Waals surface area contributed by atoms with E-state index in [4.69, 9.17) is 9.47 Å². The minimum atomic E-state index is -0.0474. The first-order valence-corrected chi connectivity index (χ1v) is 9.35. The fourth-order valence-electron chi connectivity index (χ4n) is 2.48. The number of rotatable bonds is 9. The molecule has 0 aliphatic carbocycles. The summed E-state index contributed by atoms with van der Waals surface area (Å²) in [5.41, 5.74) is 2.24. The molecule has 0 fully saturated rings. The van der Waals surface area contributed by atoms with E-state index in [0.29, 0.717) is 6.54 Å². The van der Waals surface area contributed by atoms with Gasteiger partial charge in [-0.2, -0.15) is 0 Å². The second kappa shape index (κ2) is 11.1. The van der Waals surface area contributed by atoms with Gasteiger partial charge in [0, 0.05) is 31.0 Å². The standard InChI is InChI=1S/C21H30N4O2/c1-5-22-21(23-12-11-18-10-9-16(2)24-15-18)25-14-17(3)27-20-8-6-7-19(13-20)26-4/h6-10,13,15,17H,5,11-12,14H2,1-4H3,(H2,22,23,25). The van der Waals surface area contributed by atoms with Gasteiger partial charge in [0.15, 0.2) is 5.96 Å². The van der Waals surface area contributed by atoms with Gasteiger partial charge in [-0.1, -0.05) is 12.1 Å². The monoisotopic (exact) mass is 370 g/mol. The normalized spacial score (nSPS) is 12.4. The summed E-state index contributed by atoms with van der Waals surface area (Å²) in [5, 5.41) is 6.62. The molecule has 1 heterocycles. The minimum absolute atomic E-state index is 0.0474. The van der Waals surface area contributed by atoms with Crippen LogP contribution in [0.15, 0.2) is 47.6 Å². The average molecular weight is 370 g/mol. The number of nitrogens with zero attached hydrogens (tertiary/aromatic N) is 2. The van der Waals surface area contributed by atoms with E-state index in [2.05, 4.69) is 33.6 Å². The molecule has 27 heavy (non-hydrogen) atoms. The van der Waals surface area contributed by atoms with Gasteiger partial charge in [0.25, 0.3) is 0 Å². The van der Waals surface area contributed by atoms with E-state index in [1.807, 2.05) is 50.4 Å². The third-order valence-corrected chi connectivity index (χ3v) is 3.91. The van der Waals surface area contributed by atoms with Crippen LogP contribution in [0.25, 0.3) is 0 Å². The number of guanidine groups is 1. The first-order chi connectivity index (χ1) is 13.1. The molecule has 0 bridgehead atoms. The summed E-state index contributed by atoms with van der Waals surface area (Å²) in [6.45, 7) is 8.21. The molecule has 1 atom stereocenters. The molecule has 0 saturated heterocycles. The Balaban J connectivity index is 1.82. The maximum atomic E-state index is 5.92. The van der Waals surface area contributed by atoms with Crippen LogP contribution < -0.4 is 20.1 Å². The third-order valence-electron chi connectivity index (χ3n) is 3.91. The summed E-state index contributed by atoms with van der Waals surface area (Å²) in [6, 6.07) is 11.7. The summed E-state index contributed by atoms with van der Waals surface area (Å²) in [6.07, 6.45) is 2.77. The fourth-order valence-corrected chi connectivity index (χ4v) is 2.48. The topological polar surface area (TPSA) is 67.8 Å². The van der Waals surface area contributed by atoms with Crippen molar-refractivity contribution < 1.29 is 9.47 Å². The number of aromatic nitrogens is 1. The van der Waals surface area contributed by atoms with Crippen LogP contribution >= 0.6 is 0 Å². The highest BCUT2D eigenvalue weighted by Crippen LogP contribution is 2.19. The van der Waals surface area contributed by atoms with Crippen molar-refractivity contribution in [1.82, 2.24) is 15.6 Å². The Hall–Kier alpha value is -2.76. The smallest absolute Gasteiger partial charge is 0.191 e. The van der Waals surface area contributed by atoms with E-state index < -0.39 is 0 Å². The molecule has 1 aromatic carbocycles. The molecule has 2 aromatic rings. The van der Waals surface area contributed by atoms with Gasteiger partial charge in [-0.3, -0.25) is 4.98 Å². The van der Waals surface area contributed by atoms with Crippen molar-refractivity contribution in [3.05, 3.63) is 53.9 Å². The quantitative estimate of drug-likeness (QED) is 0.525. The second-order valence-corrected chi connectivity index (χ2v) is 6.31. The van der Waals surface area contributed by atoms with Crippen LogP contribution in [0.3, 0.4) is 0 Å². The van der Waals surface area contributed by atoms with Crippen LogP contribution in [-0.4, -0.2) is 43.8 Å². The van der Waals surface area contributed by atoms with Crippen LogP contribution in [0.5, 0.6) is 11.5 Å². The highest BCUT2D eigenvalue weighted by molar-refractivity contribution is 5.79. The minimum Gasteiger partial charge on any atom is -0.497 e. The summed E-state index contributed by atoms with van der Waals surface area (Å²) in [4.78, 5) is 8.95. The third kappa shape index (κ3) is 7.56. The van der Waals surface area contributed by atoms with Crippen molar-refractivity contribution in [2.24, 2.45) is 4.99 Å². The van der Waals surface area contributed by atoms with Gasteiger partial charge in [0.2, 0.25) is 0 Å². The van der Waals surface area contributed by atoms with Gasteiger partial charge in [0.05, 0.1) is 13.7 Å². The Bertz CT molecular complexity index is 716. The van der Waals surface area contributed by atoms with Crippen LogP contribution in [0.2, 0.25) is 0 Å². The Morgan fingerprint density at radius 2 is 2.00 bits per heavy atom. The van der Waals surface area contributed by atoms with Gasteiger partial charge in [-0.05, 0) is 51.0 Å². The first kappa shape index (κ1) is 20.6. The molecule has 1 aromatic heterocycles. The van der Waals surface area contributed by atoms with Crippen molar-refractivity contribution in [1.29, 1.82) is 0 Å². The van der Waals surface area contributed by atoms with E-state index in [9.17, 15) is 0 Å². The van der Waals surface area contributed by atoms with Crippen LogP contribution in [0, 0.1) is 6.92 Å². The molecule has 0 saturated carbocycles. The lowest BCUT2D eigenvalue weighted by molar-refractivity contribution is 0.229. The number of benzene rings is 1. The molecule has 0 spiro atoms. The van der Waals surface area contributed by atoms with Crippen molar-refractivity contribution in [3.63, 3.8) is 0 Å². The number of pyridine rings is 1. The molecule has 2 rings (SSSR count). The SMILES string of the molecule is CCNC(=NCC(C)Oc1cccc(OC)c1)NCCc1ccc(C)nc1. The number of aryl methyl sites for hydroxylation is 1. The van der Waals surface area contributed by atoms with E-state index in [1.165, 1.54) is 5.56 Å². The molecule has 0 aliphatic rings. The predicted octanol–water partition coefficient (Wildman–Crippen LogP) is 2.96. The summed E-state index contributed by atoms with van der Waals surface area (Å²) in [5.74, 6) is 2.35. The summed E-state index contributed by atoms with van der Waals surface area (Å²) >= 11 is 0. The van der Waals surface area contributed by atoms with Gasteiger partial charge in [-0.15, -0.1) is 0 Å². The Morgan fingerprint density at radius 1 is 1.19 bits per heavy atom. The first-order valence-electron chi connectivity index (χ1n) is 9.35. The van der Waals surface area contributed by atoms with Crippen molar-refractivity contribution >= 4 is 5.96 Å². The van der Waals surface area contributed by atoms with E-state index in [-0.39, 0.29) is 6.10 Å². The molecule has 0 radical (unpaired) electrons. The average Bonchev–Trinajstić information content (AvgIpc) is 2.68. The van der Waals surface area contributed by atoms with Gasteiger partial charge < -0.3 is 20.1 Å². The summed E-state index contributed by atoms with van der Waals surface area (Å²) in [7, 11) is 1.65. The largest absolute Gasteiger partial charge is 0.497 e. The molecule has 0 aliphatic heterocycles. The lowest BCUT2D eigenvalue weighted by Gasteiger charge is -2.15. The molecule has 1 unspecified atom stereocenters. The van der Waals surface area contributed by atoms with E-state index in [1.54, 1.807) is 7.11 Å². The van der Waals surface area contributed by atoms with Gasteiger partial charge in [-0.25, -0.2) is 4.99 Å². The second-order valence-electron chi connectivity index (χ2n) is 6.31. The fraction of sp³-hybridized carbons (Fsp3) is 0.429. The molecular weight excluding hydrogens is 340 g/mol. The van der Waals surface area contributed by atoms with E-state index >= 15 is 0 Å². The zero-order chi connectivity index (χ0) is 19.5. The van der Waals surface area contributed by atoms with Gasteiger partial charge >= 0.3 is 0 Å². The highest BCUT2D eigenvalue weighted by atomic mass is 16.5. The number of aliphatic imine (C=N–C) groups is 1. The molecule has 146 valence electrons. The molecule has 6 nitrogen and oxygen atoms in total. The van der Waals surface area contributed by atoms with Crippen LogP contribution in [0.1, 0.15) is 25.1 Å². The van der Waals surface area contributed by atoms with Crippen LogP contribution in [0.4, 0.5) is 0 Å². The number of nitrogens with one attached hydrogen (secondary N) is 2. The Kier molecular flexibility index (Phi) is 8.42. The number of ether oxygens (including phenoxy) is 2. The predicted molar refractivity (Wildman–Crippen MR) is 110 cm³/mol. The molecule has 2 N–H and O–H groups in total.